The molecule has 0 fully saturated rings. The third-order valence-corrected chi connectivity index (χ3v) is 2.71. The smallest absolute Gasteiger partial charge is 0.188 e. The van der Waals surface area contributed by atoms with E-state index in [1.807, 2.05) is 13.0 Å². The predicted molar refractivity (Wildman–Crippen MR) is 65.3 cm³/mol. The second-order valence-electron chi connectivity index (χ2n) is 4.19. The first kappa shape index (κ1) is 12.6. The van der Waals surface area contributed by atoms with Gasteiger partial charge in [-0.2, -0.15) is 4.80 Å². The molecule has 2 rings (SSSR count). The molecule has 1 N–H and O–H groups in total. The zero-order valence-corrected chi connectivity index (χ0v) is 10.5. The van der Waals surface area contributed by atoms with Crippen molar-refractivity contribution in [3.63, 3.8) is 0 Å². The molecule has 6 heteroatoms. The topological polar surface area (TPSA) is 55.6 Å². The Kier molecular flexibility index (Phi) is 3.99. The number of hydrogen-bond acceptors (Lipinski definition) is 4. The first-order valence-electron chi connectivity index (χ1n) is 5.84. The highest BCUT2D eigenvalue weighted by Gasteiger charge is 2.02. The van der Waals surface area contributed by atoms with Crippen molar-refractivity contribution in [2.45, 2.75) is 19.9 Å². The van der Waals surface area contributed by atoms with Crippen molar-refractivity contribution in [3.8, 4) is 0 Å². The molecule has 0 aliphatic carbocycles. The number of halogens is 1. The molecule has 0 aliphatic rings. The van der Waals surface area contributed by atoms with Gasteiger partial charge in [-0.05, 0) is 48.4 Å². The number of nitrogens with zero attached hydrogens (tertiary/aromatic N) is 4. The highest BCUT2D eigenvalue weighted by molar-refractivity contribution is 5.26. The Morgan fingerprint density at radius 3 is 2.89 bits per heavy atom. The molecule has 0 spiro atoms. The fraction of sp³-hybridized carbons (Fsp3) is 0.417. The molecule has 96 valence electrons. The van der Waals surface area contributed by atoms with Gasteiger partial charge in [0.2, 0.25) is 0 Å². The van der Waals surface area contributed by atoms with Crippen LogP contribution in [0.2, 0.25) is 0 Å². The molecule has 0 bridgehead atoms. The van der Waals surface area contributed by atoms with Crippen molar-refractivity contribution in [2.24, 2.45) is 7.05 Å². The standard InChI is InChI=1S/C12H16FN5/c1-9-7-11(13)4-3-10(9)5-6-14-8-12-15-17-18(2)16-12/h3-4,7,14H,5-6,8H2,1-2H3. The number of benzene rings is 1. The summed E-state index contributed by atoms with van der Waals surface area (Å²) in [5.74, 6) is 0.487. The Labute approximate surface area is 105 Å². The molecule has 0 saturated carbocycles. The van der Waals surface area contributed by atoms with Crippen LogP contribution in [0.25, 0.3) is 0 Å². The van der Waals surface area contributed by atoms with E-state index in [4.69, 9.17) is 0 Å². The first-order chi connectivity index (χ1) is 8.65. The Morgan fingerprint density at radius 1 is 1.39 bits per heavy atom. The van der Waals surface area contributed by atoms with Gasteiger partial charge < -0.3 is 5.32 Å². The van der Waals surface area contributed by atoms with Gasteiger partial charge >= 0.3 is 0 Å². The Bertz CT molecular complexity index is 523. The number of aryl methyl sites for hydroxylation is 2. The first-order valence-corrected chi connectivity index (χ1v) is 5.84. The maximum Gasteiger partial charge on any atom is 0.188 e. The zero-order chi connectivity index (χ0) is 13.0. The summed E-state index contributed by atoms with van der Waals surface area (Å²) in [7, 11) is 1.73. The van der Waals surface area contributed by atoms with Gasteiger partial charge in [0.25, 0.3) is 0 Å². The van der Waals surface area contributed by atoms with Crippen LogP contribution < -0.4 is 5.32 Å². The minimum Gasteiger partial charge on any atom is -0.309 e. The largest absolute Gasteiger partial charge is 0.309 e. The molecule has 18 heavy (non-hydrogen) atoms. The van der Waals surface area contributed by atoms with Crippen LogP contribution in [0.15, 0.2) is 18.2 Å². The van der Waals surface area contributed by atoms with Crippen molar-refractivity contribution >= 4 is 0 Å². The summed E-state index contributed by atoms with van der Waals surface area (Å²) in [5, 5.41) is 14.9. The second-order valence-corrected chi connectivity index (χ2v) is 4.19. The minimum atomic E-state index is -0.187. The van der Waals surface area contributed by atoms with Gasteiger partial charge in [0, 0.05) is 0 Å². The van der Waals surface area contributed by atoms with Gasteiger partial charge in [0.05, 0.1) is 13.6 Å². The molecule has 0 atom stereocenters. The fourth-order valence-electron chi connectivity index (χ4n) is 1.76. The van der Waals surface area contributed by atoms with Crippen LogP contribution in [-0.4, -0.2) is 26.8 Å². The van der Waals surface area contributed by atoms with Crippen LogP contribution in [0.3, 0.4) is 0 Å². The summed E-state index contributed by atoms with van der Waals surface area (Å²) in [6, 6.07) is 4.87. The number of nitrogens with one attached hydrogen (secondary N) is 1. The van der Waals surface area contributed by atoms with Crippen molar-refractivity contribution in [2.75, 3.05) is 6.54 Å². The molecular weight excluding hydrogens is 233 g/mol. The van der Waals surface area contributed by atoms with Crippen LogP contribution in [0.1, 0.15) is 17.0 Å². The normalized spacial score (nSPS) is 10.8. The van der Waals surface area contributed by atoms with Gasteiger partial charge in [-0.1, -0.05) is 6.07 Å². The molecule has 0 aliphatic heterocycles. The maximum absolute atomic E-state index is 12.9. The Morgan fingerprint density at radius 2 is 2.22 bits per heavy atom. The SMILES string of the molecule is Cc1cc(F)ccc1CCNCc1nnn(C)n1. The lowest BCUT2D eigenvalue weighted by Gasteiger charge is -2.06. The van der Waals surface area contributed by atoms with Crippen LogP contribution in [0.4, 0.5) is 4.39 Å². The van der Waals surface area contributed by atoms with Crippen molar-refractivity contribution in [3.05, 3.63) is 41.0 Å². The molecule has 1 aromatic heterocycles. The van der Waals surface area contributed by atoms with Gasteiger partial charge in [0.1, 0.15) is 5.82 Å². The average molecular weight is 249 g/mol. The lowest BCUT2D eigenvalue weighted by atomic mass is 10.1. The molecule has 1 heterocycles. The van der Waals surface area contributed by atoms with Crippen LogP contribution in [0, 0.1) is 12.7 Å². The molecule has 1 aromatic carbocycles. The lowest BCUT2D eigenvalue weighted by Crippen LogP contribution is -2.18. The highest BCUT2D eigenvalue weighted by Crippen LogP contribution is 2.10. The van der Waals surface area contributed by atoms with E-state index in [0.717, 1.165) is 24.1 Å². The van der Waals surface area contributed by atoms with Crippen molar-refractivity contribution in [1.82, 2.24) is 25.5 Å². The predicted octanol–water partition coefficient (Wildman–Crippen LogP) is 0.990. The molecule has 2 aromatic rings. The summed E-state index contributed by atoms with van der Waals surface area (Å²) in [6.07, 6.45) is 0.854. The number of rotatable bonds is 5. The summed E-state index contributed by atoms with van der Waals surface area (Å²) in [5.41, 5.74) is 2.13. The molecule has 0 amide bonds. The molecule has 0 saturated heterocycles. The minimum absolute atomic E-state index is 0.187. The van der Waals surface area contributed by atoms with Crippen LogP contribution in [-0.2, 0) is 20.0 Å². The van der Waals surface area contributed by atoms with Crippen LogP contribution in [0.5, 0.6) is 0 Å². The van der Waals surface area contributed by atoms with Gasteiger partial charge in [-0.25, -0.2) is 4.39 Å². The van der Waals surface area contributed by atoms with Gasteiger partial charge in [-0.3, -0.25) is 0 Å². The lowest BCUT2D eigenvalue weighted by molar-refractivity contribution is 0.617. The molecular formula is C12H16FN5. The van der Waals surface area contributed by atoms with E-state index in [9.17, 15) is 4.39 Å². The van der Waals surface area contributed by atoms with E-state index >= 15 is 0 Å². The quantitative estimate of drug-likeness (QED) is 0.803. The summed E-state index contributed by atoms with van der Waals surface area (Å²) >= 11 is 0. The van der Waals surface area contributed by atoms with Gasteiger partial charge in [-0.15, -0.1) is 10.2 Å². The highest BCUT2D eigenvalue weighted by atomic mass is 19.1. The number of hydrogen-bond donors (Lipinski definition) is 1. The van der Waals surface area contributed by atoms with Crippen LogP contribution >= 0.6 is 0 Å². The average Bonchev–Trinajstić information content (AvgIpc) is 2.73. The number of tetrazole rings is 1. The fourth-order valence-corrected chi connectivity index (χ4v) is 1.76. The van der Waals surface area contributed by atoms with Gasteiger partial charge in [0.15, 0.2) is 5.82 Å². The van der Waals surface area contributed by atoms with E-state index < -0.39 is 0 Å². The molecule has 0 unspecified atom stereocenters. The summed E-state index contributed by atoms with van der Waals surface area (Å²) in [4.78, 5) is 1.43. The summed E-state index contributed by atoms with van der Waals surface area (Å²) < 4.78 is 12.9. The van der Waals surface area contributed by atoms with Crippen molar-refractivity contribution < 1.29 is 4.39 Å². The third-order valence-electron chi connectivity index (χ3n) is 2.71. The monoisotopic (exact) mass is 249 g/mol. The maximum atomic E-state index is 12.9. The second kappa shape index (κ2) is 5.68. The summed E-state index contributed by atoms with van der Waals surface area (Å²) in [6.45, 7) is 3.31. The Balaban J connectivity index is 1.78. The van der Waals surface area contributed by atoms with E-state index in [0.29, 0.717) is 12.4 Å². The van der Waals surface area contributed by atoms with Crippen molar-refractivity contribution in [1.29, 1.82) is 0 Å². The van der Waals surface area contributed by atoms with E-state index in [1.165, 1.54) is 10.9 Å². The molecule has 5 nitrogen and oxygen atoms in total. The van der Waals surface area contributed by atoms with E-state index in [1.54, 1.807) is 13.1 Å². The van der Waals surface area contributed by atoms with E-state index in [-0.39, 0.29) is 5.82 Å². The third kappa shape index (κ3) is 3.33. The Hall–Kier alpha value is -1.82. The zero-order valence-electron chi connectivity index (χ0n) is 10.5. The van der Waals surface area contributed by atoms with E-state index in [2.05, 4.69) is 20.7 Å². The number of aromatic nitrogens is 4. The molecule has 0 radical (unpaired) electrons.